The molecule has 1 saturated heterocycles. The molecule has 2 rings (SSSR count). The van der Waals surface area contributed by atoms with Crippen molar-refractivity contribution in [2.24, 2.45) is 0 Å². The Kier molecular flexibility index (Phi) is 3.64. The number of esters is 1. The first-order valence-electron chi connectivity index (χ1n) is 5.83. The molecular weight excluding hydrogens is 218 g/mol. The van der Waals surface area contributed by atoms with Crippen LogP contribution in [0.15, 0.2) is 24.3 Å². The summed E-state index contributed by atoms with van der Waals surface area (Å²) in [6, 6.07) is 7.04. The van der Waals surface area contributed by atoms with Crippen molar-refractivity contribution in [3.63, 3.8) is 0 Å². The van der Waals surface area contributed by atoms with Gasteiger partial charge in [-0.1, -0.05) is 12.1 Å². The molecule has 0 aromatic heterocycles. The van der Waals surface area contributed by atoms with Crippen molar-refractivity contribution in [3.05, 3.63) is 29.8 Å². The Hall–Kier alpha value is -1.55. The van der Waals surface area contributed by atoms with Gasteiger partial charge in [-0.3, -0.25) is 10.1 Å². The van der Waals surface area contributed by atoms with Crippen molar-refractivity contribution in [1.82, 2.24) is 5.32 Å². The summed E-state index contributed by atoms with van der Waals surface area (Å²) in [5, 5.41) is 12.5. The van der Waals surface area contributed by atoms with Crippen molar-refractivity contribution in [2.75, 3.05) is 7.11 Å². The summed E-state index contributed by atoms with van der Waals surface area (Å²) >= 11 is 0. The highest BCUT2D eigenvalue weighted by atomic mass is 16.5. The second-order valence-corrected chi connectivity index (χ2v) is 4.32. The van der Waals surface area contributed by atoms with Crippen molar-refractivity contribution in [1.29, 1.82) is 0 Å². The summed E-state index contributed by atoms with van der Waals surface area (Å²) in [6.45, 7) is 0. The van der Waals surface area contributed by atoms with Gasteiger partial charge in [0.25, 0.3) is 0 Å². The van der Waals surface area contributed by atoms with Crippen molar-refractivity contribution >= 4 is 5.97 Å². The van der Waals surface area contributed by atoms with E-state index in [1.165, 1.54) is 7.11 Å². The molecule has 1 aliphatic rings. The van der Waals surface area contributed by atoms with Crippen LogP contribution in [0, 0.1) is 0 Å². The molecule has 0 radical (unpaired) electrons. The molecule has 0 amide bonds. The van der Waals surface area contributed by atoms with Gasteiger partial charge in [-0.25, -0.2) is 0 Å². The van der Waals surface area contributed by atoms with Gasteiger partial charge in [-0.15, -0.1) is 0 Å². The molecule has 0 spiro atoms. The SMILES string of the molecule is COC(=O)C1CCCC(c2ccc(O)cc2)N1. The molecule has 4 nitrogen and oxygen atoms in total. The molecule has 2 atom stereocenters. The monoisotopic (exact) mass is 235 g/mol. The summed E-state index contributed by atoms with van der Waals surface area (Å²) in [5.41, 5.74) is 1.09. The Morgan fingerprint density at radius 2 is 2.06 bits per heavy atom. The lowest BCUT2D eigenvalue weighted by Crippen LogP contribution is -2.42. The minimum atomic E-state index is -0.215. The zero-order valence-corrected chi connectivity index (χ0v) is 9.85. The van der Waals surface area contributed by atoms with E-state index < -0.39 is 0 Å². The van der Waals surface area contributed by atoms with Crippen LogP contribution < -0.4 is 5.32 Å². The van der Waals surface area contributed by atoms with E-state index in [9.17, 15) is 9.90 Å². The average Bonchev–Trinajstić information content (AvgIpc) is 2.39. The van der Waals surface area contributed by atoms with Gasteiger partial charge >= 0.3 is 5.97 Å². The van der Waals surface area contributed by atoms with Gasteiger partial charge in [-0.2, -0.15) is 0 Å². The second-order valence-electron chi connectivity index (χ2n) is 4.32. The minimum Gasteiger partial charge on any atom is -0.508 e. The molecule has 1 heterocycles. The van der Waals surface area contributed by atoms with Gasteiger partial charge < -0.3 is 9.84 Å². The number of carbonyl (C=O) groups excluding carboxylic acids is 1. The molecule has 17 heavy (non-hydrogen) atoms. The van der Waals surface area contributed by atoms with E-state index >= 15 is 0 Å². The maximum Gasteiger partial charge on any atom is 0.322 e. The molecular formula is C13H17NO3. The fourth-order valence-corrected chi connectivity index (χ4v) is 2.23. The van der Waals surface area contributed by atoms with Gasteiger partial charge in [0.15, 0.2) is 0 Å². The second kappa shape index (κ2) is 5.19. The van der Waals surface area contributed by atoms with Gasteiger partial charge in [0.1, 0.15) is 11.8 Å². The highest BCUT2D eigenvalue weighted by molar-refractivity contribution is 5.75. The van der Waals surface area contributed by atoms with Crippen LogP contribution in [0.3, 0.4) is 0 Å². The van der Waals surface area contributed by atoms with Gasteiger partial charge in [-0.05, 0) is 37.0 Å². The lowest BCUT2D eigenvalue weighted by atomic mass is 9.93. The number of nitrogens with one attached hydrogen (secondary N) is 1. The molecule has 0 aliphatic carbocycles. The topological polar surface area (TPSA) is 58.6 Å². The predicted molar refractivity (Wildman–Crippen MR) is 63.6 cm³/mol. The fourth-order valence-electron chi connectivity index (χ4n) is 2.23. The summed E-state index contributed by atoms with van der Waals surface area (Å²) in [4.78, 5) is 11.5. The summed E-state index contributed by atoms with van der Waals surface area (Å²) < 4.78 is 4.75. The first-order chi connectivity index (χ1) is 8.20. The van der Waals surface area contributed by atoms with E-state index in [0.29, 0.717) is 0 Å². The van der Waals surface area contributed by atoms with Gasteiger partial charge in [0.05, 0.1) is 7.11 Å². The fraction of sp³-hybridized carbons (Fsp3) is 0.462. The minimum absolute atomic E-state index is 0.161. The van der Waals surface area contributed by atoms with Gasteiger partial charge in [0.2, 0.25) is 0 Å². The van der Waals surface area contributed by atoms with Crippen LogP contribution in [0.5, 0.6) is 5.75 Å². The zero-order chi connectivity index (χ0) is 12.3. The zero-order valence-electron chi connectivity index (χ0n) is 9.85. The third kappa shape index (κ3) is 2.77. The van der Waals surface area contributed by atoms with Crippen molar-refractivity contribution in [2.45, 2.75) is 31.3 Å². The molecule has 0 bridgehead atoms. The van der Waals surface area contributed by atoms with Crippen molar-refractivity contribution < 1.29 is 14.6 Å². The summed E-state index contributed by atoms with van der Waals surface area (Å²) in [7, 11) is 1.41. The molecule has 0 saturated carbocycles. The third-order valence-corrected chi connectivity index (χ3v) is 3.17. The van der Waals surface area contributed by atoms with E-state index in [1.807, 2.05) is 12.1 Å². The predicted octanol–water partition coefficient (Wildman–Crippen LogP) is 1.75. The first-order valence-corrected chi connectivity index (χ1v) is 5.83. The number of rotatable bonds is 2. The number of hydrogen-bond donors (Lipinski definition) is 2. The third-order valence-electron chi connectivity index (χ3n) is 3.17. The Morgan fingerprint density at radius 3 is 2.71 bits per heavy atom. The maximum absolute atomic E-state index is 11.5. The molecule has 2 unspecified atom stereocenters. The molecule has 4 heteroatoms. The van der Waals surface area contributed by atoms with Gasteiger partial charge in [0, 0.05) is 6.04 Å². The average molecular weight is 235 g/mol. The quantitative estimate of drug-likeness (QED) is 0.767. The van der Waals surface area contributed by atoms with E-state index in [2.05, 4.69) is 5.32 Å². The first kappa shape index (κ1) is 11.9. The van der Waals surface area contributed by atoms with E-state index in [1.54, 1.807) is 12.1 Å². The maximum atomic E-state index is 11.5. The Labute approximate surface area is 101 Å². The number of hydrogen-bond acceptors (Lipinski definition) is 4. The van der Waals surface area contributed by atoms with E-state index in [0.717, 1.165) is 24.8 Å². The number of piperidine rings is 1. The number of ether oxygens (including phenoxy) is 1. The normalized spacial score (nSPS) is 24.3. The lowest BCUT2D eigenvalue weighted by Gasteiger charge is -2.29. The van der Waals surface area contributed by atoms with Crippen LogP contribution >= 0.6 is 0 Å². The number of methoxy groups -OCH3 is 1. The molecule has 1 aliphatic heterocycles. The Balaban J connectivity index is 2.06. The Morgan fingerprint density at radius 1 is 1.35 bits per heavy atom. The summed E-state index contributed by atoms with van der Waals surface area (Å²) in [5.74, 6) is 0.0579. The lowest BCUT2D eigenvalue weighted by molar-refractivity contribution is -0.144. The number of benzene rings is 1. The Bertz CT molecular complexity index is 388. The van der Waals surface area contributed by atoms with Crippen LogP contribution in [0.1, 0.15) is 30.9 Å². The van der Waals surface area contributed by atoms with E-state index in [-0.39, 0.29) is 23.8 Å². The number of carbonyl (C=O) groups is 1. The van der Waals surface area contributed by atoms with Crippen LogP contribution in [0.25, 0.3) is 0 Å². The highest BCUT2D eigenvalue weighted by Gasteiger charge is 2.27. The van der Waals surface area contributed by atoms with Crippen molar-refractivity contribution in [3.8, 4) is 5.75 Å². The largest absolute Gasteiger partial charge is 0.508 e. The standard InChI is InChI=1S/C13H17NO3/c1-17-13(16)12-4-2-3-11(14-12)9-5-7-10(15)8-6-9/h5-8,11-12,14-15H,2-4H2,1H3. The number of aromatic hydroxyl groups is 1. The summed E-state index contributed by atoms with van der Waals surface area (Å²) in [6.07, 6.45) is 2.82. The van der Waals surface area contributed by atoms with Crippen LogP contribution in [-0.4, -0.2) is 24.2 Å². The smallest absolute Gasteiger partial charge is 0.322 e. The number of phenols is 1. The molecule has 1 aromatic rings. The molecule has 2 N–H and O–H groups in total. The van der Waals surface area contributed by atoms with Crippen LogP contribution in [-0.2, 0) is 9.53 Å². The number of phenolic OH excluding ortho intramolecular Hbond substituents is 1. The van der Waals surface area contributed by atoms with Crippen LogP contribution in [0.2, 0.25) is 0 Å². The highest BCUT2D eigenvalue weighted by Crippen LogP contribution is 2.26. The van der Waals surface area contributed by atoms with Crippen LogP contribution in [0.4, 0.5) is 0 Å². The molecule has 1 aromatic carbocycles. The molecule has 92 valence electrons. The molecule has 1 fully saturated rings. The van der Waals surface area contributed by atoms with E-state index in [4.69, 9.17) is 4.74 Å².